The van der Waals surface area contributed by atoms with E-state index in [4.69, 9.17) is 9.84 Å². The van der Waals surface area contributed by atoms with Gasteiger partial charge >= 0.3 is 5.69 Å². The van der Waals surface area contributed by atoms with Crippen molar-refractivity contribution in [2.24, 2.45) is 0 Å². The molecule has 0 bridgehead atoms. The van der Waals surface area contributed by atoms with Crippen LogP contribution in [0.2, 0.25) is 0 Å². The molecule has 7 nitrogen and oxygen atoms in total. The summed E-state index contributed by atoms with van der Waals surface area (Å²) in [5, 5.41) is 22.1. The van der Waals surface area contributed by atoms with Crippen LogP contribution < -0.4 is 11.0 Å². The minimum Gasteiger partial charge on any atom is -0.394 e. The van der Waals surface area contributed by atoms with Gasteiger partial charge in [-0.3, -0.25) is 4.57 Å². The Kier molecular flexibility index (Phi) is 5.49. The van der Waals surface area contributed by atoms with Crippen molar-refractivity contribution in [3.63, 3.8) is 0 Å². The Bertz CT molecular complexity index is 753. The number of benzene rings is 1. The number of halogens is 1. The van der Waals surface area contributed by atoms with Crippen LogP contribution in [-0.4, -0.2) is 38.6 Å². The van der Waals surface area contributed by atoms with E-state index in [-0.39, 0.29) is 13.0 Å². The predicted molar refractivity (Wildman–Crippen MR) is 96.6 cm³/mol. The van der Waals surface area contributed by atoms with Gasteiger partial charge in [0.2, 0.25) is 0 Å². The van der Waals surface area contributed by atoms with Crippen LogP contribution in [0.1, 0.15) is 18.2 Å². The fourth-order valence-corrected chi connectivity index (χ4v) is 3.22. The van der Waals surface area contributed by atoms with Crippen LogP contribution in [0.4, 0.5) is 5.82 Å². The molecule has 0 spiro atoms. The number of hydrogen-bond acceptors (Lipinski definition) is 6. The summed E-state index contributed by atoms with van der Waals surface area (Å²) in [7, 11) is 0. The Morgan fingerprint density at radius 1 is 1.38 bits per heavy atom. The second kappa shape index (κ2) is 7.60. The van der Waals surface area contributed by atoms with E-state index in [0.717, 1.165) is 9.13 Å². The number of nitrogens with zero attached hydrogens (tertiary/aromatic N) is 2. The summed E-state index contributed by atoms with van der Waals surface area (Å²) in [5.74, 6) is 0.512. The zero-order valence-electron chi connectivity index (χ0n) is 12.8. The maximum atomic E-state index is 12.3. The zero-order chi connectivity index (χ0) is 17.1. The number of anilines is 1. The SMILES string of the molecule is O=c1nc(NCc2ccccc2)c(I)cn1[C@H]1C[C@H](O)[C@@H](CO)O1. The molecular weight excluding hydrogens is 425 g/mol. The monoisotopic (exact) mass is 443 g/mol. The average molecular weight is 443 g/mol. The van der Waals surface area contributed by atoms with Crippen LogP contribution in [0.15, 0.2) is 41.3 Å². The van der Waals surface area contributed by atoms with Gasteiger partial charge < -0.3 is 20.3 Å². The minimum atomic E-state index is -0.791. The highest BCUT2D eigenvalue weighted by atomic mass is 127. The third-order valence-corrected chi connectivity index (χ3v) is 4.69. The summed E-state index contributed by atoms with van der Waals surface area (Å²) in [4.78, 5) is 16.3. The summed E-state index contributed by atoms with van der Waals surface area (Å²) in [6, 6.07) is 9.83. The second-order valence-electron chi connectivity index (χ2n) is 5.58. The number of hydrogen-bond donors (Lipinski definition) is 3. The Hall–Kier alpha value is -1.49. The topological polar surface area (TPSA) is 96.6 Å². The molecule has 0 aliphatic carbocycles. The molecule has 0 amide bonds. The fourth-order valence-electron chi connectivity index (χ4n) is 2.61. The molecule has 1 saturated heterocycles. The van der Waals surface area contributed by atoms with Gasteiger partial charge in [-0.25, -0.2) is 4.79 Å². The van der Waals surface area contributed by atoms with Gasteiger partial charge in [-0.15, -0.1) is 0 Å². The number of nitrogens with one attached hydrogen (secondary N) is 1. The molecule has 128 valence electrons. The van der Waals surface area contributed by atoms with Gasteiger partial charge in [0.25, 0.3) is 0 Å². The van der Waals surface area contributed by atoms with E-state index in [0.29, 0.717) is 12.4 Å². The van der Waals surface area contributed by atoms with Crippen molar-refractivity contribution >= 4 is 28.4 Å². The van der Waals surface area contributed by atoms with Crippen molar-refractivity contribution in [2.75, 3.05) is 11.9 Å². The minimum absolute atomic E-state index is 0.250. The third kappa shape index (κ3) is 3.77. The van der Waals surface area contributed by atoms with Gasteiger partial charge in [0.15, 0.2) is 0 Å². The van der Waals surface area contributed by atoms with E-state index in [9.17, 15) is 9.90 Å². The summed E-state index contributed by atoms with van der Waals surface area (Å²) >= 11 is 2.10. The molecule has 8 heteroatoms. The Morgan fingerprint density at radius 2 is 2.12 bits per heavy atom. The number of aliphatic hydroxyl groups is 2. The second-order valence-corrected chi connectivity index (χ2v) is 6.74. The number of ether oxygens (including phenoxy) is 1. The molecule has 0 unspecified atom stereocenters. The largest absolute Gasteiger partial charge is 0.394 e. The Morgan fingerprint density at radius 3 is 2.79 bits per heavy atom. The van der Waals surface area contributed by atoms with Crippen molar-refractivity contribution in [3.05, 3.63) is 56.1 Å². The Balaban J connectivity index is 1.75. The summed E-state index contributed by atoms with van der Waals surface area (Å²) < 4.78 is 7.64. The van der Waals surface area contributed by atoms with Crippen LogP contribution in [0.5, 0.6) is 0 Å². The standard InChI is InChI=1S/C16H18IN3O4/c17-11-8-20(14-6-12(22)13(9-21)24-14)16(23)19-15(11)18-7-10-4-2-1-3-5-10/h1-5,8,12-14,21-22H,6-7,9H2,(H,18,19,23)/t12-,13+,14+/m0/s1. The molecule has 1 aromatic carbocycles. The molecule has 1 aromatic heterocycles. The highest BCUT2D eigenvalue weighted by molar-refractivity contribution is 14.1. The molecule has 24 heavy (non-hydrogen) atoms. The number of aromatic nitrogens is 2. The average Bonchev–Trinajstić information content (AvgIpc) is 2.97. The van der Waals surface area contributed by atoms with Crippen LogP contribution in [0, 0.1) is 3.57 Å². The van der Waals surface area contributed by atoms with E-state index in [1.54, 1.807) is 6.20 Å². The normalized spacial score (nSPS) is 23.4. The van der Waals surface area contributed by atoms with E-state index in [2.05, 4.69) is 32.9 Å². The van der Waals surface area contributed by atoms with Crippen LogP contribution in [-0.2, 0) is 11.3 Å². The van der Waals surface area contributed by atoms with Crippen LogP contribution in [0.3, 0.4) is 0 Å². The first-order valence-electron chi connectivity index (χ1n) is 7.59. The van der Waals surface area contributed by atoms with Gasteiger partial charge in [0.05, 0.1) is 16.3 Å². The smallest absolute Gasteiger partial charge is 0.351 e. The van der Waals surface area contributed by atoms with E-state index in [1.165, 1.54) is 4.57 Å². The lowest BCUT2D eigenvalue weighted by Gasteiger charge is -2.16. The van der Waals surface area contributed by atoms with Crippen molar-refractivity contribution in [1.82, 2.24) is 9.55 Å². The predicted octanol–water partition coefficient (Wildman–Crippen LogP) is 1.10. The first-order chi connectivity index (χ1) is 11.6. The van der Waals surface area contributed by atoms with Crippen molar-refractivity contribution in [2.45, 2.75) is 31.4 Å². The fraction of sp³-hybridized carbons (Fsp3) is 0.375. The maximum absolute atomic E-state index is 12.3. The lowest BCUT2D eigenvalue weighted by molar-refractivity contribution is -0.0459. The van der Waals surface area contributed by atoms with Gasteiger partial charge in [0.1, 0.15) is 18.1 Å². The van der Waals surface area contributed by atoms with E-state index in [1.807, 2.05) is 30.3 Å². The van der Waals surface area contributed by atoms with E-state index < -0.39 is 24.1 Å². The molecule has 0 radical (unpaired) electrons. The maximum Gasteiger partial charge on any atom is 0.351 e. The molecule has 3 N–H and O–H groups in total. The van der Waals surface area contributed by atoms with Crippen LogP contribution in [0.25, 0.3) is 0 Å². The van der Waals surface area contributed by atoms with Gasteiger partial charge in [-0.1, -0.05) is 30.3 Å². The van der Waals surface area contributed by atoms with Gasteiger partial charge in [-0.2, -0.15) is 4.98 Å². The molecule has 1 aliphatic rings. The molecule has 0 saturated carbocycles. The van der Waals surface area contributed by atoms with Crippen molar-refractivity contribution < 1.29 is 14.9 Å². The Labute approximate surface area is 152 Å². The van der Waals surface area contributed by atoms with Gasteiger partial charge in [0, 0.05) is 19.2 Å². The summed E-state index contributed by atoms with van der Waals surface area (Å²) in [6.45, 7) is 0.284. The molecule has 3 rings (SSSR count). The first-order valence-corrected chi connectivity index (χ1v) is 8.67. The highest BCUT2D eigenvalue weighted by Gasteiger charge is 2.35. The lowest BCUT2D eigenvalue weighted by Crippen LogP contribution is -2.29. The lowest BCUT2D eigenvalue weighted by atomic mass is 10.2. The number of aliphatic hydroxyl groups excluding tert-OH is 2. The van der Waals surface area contributed by atoms with Gasteiger partial charge in [-0.05, 0) is 28.2 Å². The highest BCUT2D eigenvalue weighted by Crippen LogP contribution is 2.28. The zero-order valence-corrected chi connectivity index (χ0v) is 15.0. The molecule has 1 aliphatic heterocycles. The molecule has 1 fully saturated rings. The van der Waals surface area contributed by atoms with Crippen molar-refractivity contribution in [3.8, 4) is 0 Å². The molecule has 3 atom stereocenters. The summed E-state index contributed by atoms with van der Waals surface area (Å²) in [5.41, 5.74) is 0.633. The summed E-state index contributed by atoms with van der Waals surface area (Å²) in [6.07, 6.45) is -0.176. The molecule has 2 aromatic rings. The van der Waals surface area contributed by atoms with Crippen molar-refractivity contribution in [1.29, 1.82) is 0 Å². The number of rotatable bonds is 5. The quantitative estimate of drug-likeness (QED) is 0.600. The van der Waals surface area contributed by atoms with E-state index >= 15 is 0 Å². The molecule has 2 heterocycles. The third-order valence-electron chi connectivity index (χ3n) is 3.90. The molecular formula is C16H18IN3O4. The van der Waals surface area contributed by atoms with Crippen LogP contribution >= 0.6 is 22.6 Å². The first kappa shape index (κ1) is 17.3.